The number of fused-ring (bicyclic) bond motifs is 1. The fourth-order valence-corrected chi connectivity index (χ4v) is 5.99. The van der Waals surface area contributed by atoms with E-state index in [4.69, 9.17) is 9.31 Å². The molecular weight excluding hydrogens is 391 g/mol. The van der Waals surface area contributed by atoms with Gasteiger partial charge in [0.2, 0.25) is 11.8 Å². The number of nitrogens with one attached hydrogen (secondary N) is 2. The molecule has 0 aromatic rings. The molecule has 1 saturated heterocycles. The highest BCUT2D eigenvalue weighted by atomic mass is 16.7. The van der Waals surface area contributed by atoms with Gasteiger partial charge in [-0.1, -0.05) is 53.4 Å². The molecule has 2 amide bonds. The van der Waals surface area contributed by atoms with Crippen molar-refractivity contribution in [1.82, 2.24) is 10.6 Å². The lowest BCUT2D eigenvalue weighted by molar-refractivity contribution is -0.129. The van der Waals surface area contributed by atoms with Gasteiger partial charge in [-0.2, -0.15) is 0 Å². The van der Waals surface area contributed by atoms with Crippen molar-refractivity contribution in [3.63, 3.8) is 0 Å². The Morgan fingerprint density at radius 3 is 2.39 bits per heavy atom. The van der Waals surface area contributed by atoms with Crippen molar-refractivity contribution in [2.45, 2.75) is 110 Å². The van der Waals surface area contributed by atoms with E-state index in [0.717, 1.165) is 51.4 Å². The number of carbonyl (C=O) groups is 2. The molecule has 2 N–H and O–H groups in total. The molecule has 31 heavy (non-hydrogen) atoms. The average molecular weight is 434 g/mol. The Morgan fingerprint density at radius 1 is 1.03 bits per heavy atom. The van der Waals surface area contributed by atoms with Crippen LogP contribution in [0.15, 0.2) is 0 Å². The Hall–Kier alpha value is -1.08. The molecule has 7 heteroatoms. The van der Waals surface area contributed by atoms with Crippen LogP contribution in [0.2, 0.25) is 0 Å². The second-order valence-corrected chi connectivity index (χ2v) is 10.9. The standard InChI is InChI=1S/C24H43BN2O4/c1-16(2)14-21(27-22(28)15-26-23(29)18-10-7-6-8-11-18)25-30-20-13-9-12-19(17(3)4)24(20,5)31-25/h16-21H,6-15H2,1-5H3,(H,26,29)(H,27,28)/t19-,20+,21-,24-/m0/s1. The van der Waals surface area contributed by atoms with Crippen LogP contribution in [0, 0.1) is 23.7 Å². The lowest BCUT2D eigenvalue weighted by atomic mass is 9.69. The fourth-order valence-electron chi connectivity index (χ4n) is 5.99. The maximum atomic E-state index is 12.7. The highest BCUT2D eigenvalue weighted by Crippen LogP contribution is 2.47. The van der Waals surface area contributed by atoms with Gasteiger partial charge in [0.25, 0.3) is 0 Å². The van der Waals surface area contributed by atoms with Gasteiger partial charge >= 0.3 is 7.12 Å². The number of amides is 2. The van der Waals surface area contributed by atoms with E-state index in [0.29, 0.717) is 17.8 Å². The van der Waals surface area contributed by atoms with Crippen molar-refractivity contribution >= 4 is 18.9 Å². The van der Waals surface area contributed by atoms with Crippen molar-refractivity contribution in [3.05, 3.63) is 0 Å². The third-order valence-corrected chi connectivity index (χ3v) is 7.63. The second-order valence-electron chi connectivity index (χ2n) is 10.9. The molecule has 0 spiro atoms. The first-order chi connectivity index (χ1) is 14.7. The van der Waals surface area contributed by atoms with E-state index in [-0.39, 0.29) is 41.9 Å². The van der Waals surface area contributed by atoms with E-state index in [2.05, 4.69) is 45.3 Å². The van der Waals surface area contributed by atoms with Gasteiger partial charge in [-0.15, -0.1) is 0 Å². The van der Waals surface area contributed by atoms with E-state index in [1.807, 2.05) is 0 Å². The number of hydrogen-bond donors (Lipinski definition) is 2. The zero-order chi connectivity index (χ0) is 22.6. The number of hydrogen-bond acceptors (Lipinski definition) is 4. The summed E-state index contributed by atoms with van der Waals surface area (Å²) in [5.41, 5.74) is -0.299. The molecule has 2 saturated carbocycles. The Labute approximate surface area is 189 Å². The van der Waals surface area contributed by atoms with E-state index < -0.39 is 7.12 Å². The van der Waals surface area contributed by atoms with E-state index in [1.54, 1.807) is 0 Å². The monoisotopic (exact) mass is 434 g/mol. The van der Waals surface area contributed by atoms with Crippen LogP contribution in [0.3, 0.4) is 0 Å². The summed E-state index contributed by atoms with van der Waals surface area (Å²) in [5, 5.41) is 5.96. The van der Waals surface area contributed by atoms with Gasteiger partial charge in [-0.05, 0) is 56.8 Å². The highest BCUT2D eigenvalue weighted by Gasteiger charge is 2.56. The molecule has 0 aromatic carbocycles. The molecule has 0 unspecified atom stereocenters. The van der Waals surface area contributed by atoms with Crippen LogP contribution in [0.25, 0.3) is 0 Å². The molecule has 1 heterocycles. The van der Waals surface area contributed by atoms with Gasteiger partial charge in [0.1, 0.15) is 0 Å². The summed E-state index contributed by atoms with van der Waals surface area (Å²) in [5.74, 6) is 1.08. The van der Waals surface area contributed by atoms with Crippen LogP contribution in [-0.2, 0) is 18.9 Å². The van der Waals surface area contributed by atoms with Crippen LogP contribution in [0.4, 0.5) is 0 Å². The van der Waals surface area contributed by atoms with Crippen molar-refractivity contribution in [3.8, 4) is 0 Å². The topological polar surface area (TPSA) is 76.7 Å². The highest BCUT2D eigenvalue weighted by molar-refractivity contribution is 6.47. The van der Waals surface area contributed by atoms with Crippen LogP contribution < -0.4 is 10.6 Å². The maximum absolute atomic E-state index is 12.7. The van der Waals surface area contributed by atoms with Gasteiger partial charge in [0.15, 0.2) is 0 Å². The lowest BCUT2D eigenvalue weighted by Gasteiger charge is -2.44. The minimum Gasteiger partial charge on any atom is -0.404 e. The Bertz CT molecular complexity index is 623. The predicted molar refractivity (Wildman–Crippen MR) is 123 cm³/mol. The molecule has 1 aliphatic heterocycles. The molecule has 3 rings (SSSR count). The molecule has 0 bridgehead atoms. The summed E-state index contributed by atoms with van der Waals surface area (Å²) in [6.07, 6.45) is 9.48. The Kier molecular flexibility index (Phi) is 8.47. The molecule has 3 aliphatic rings. The molecule has 0 radical (unpaired) electrons. The summed E-state index contributed by atoms with van der Waals surface area (Å²) in [6, 6.07) is 0. The minimum atomic E-state index is -0.435. The maximum Gasteiger partial charge on any atom is 0.481 e. The quantitative estimate of drug-likeness (QED) is 0.569. The molecule has 6 nitrogen and oxygen atoms in total. The van der Waals surface area contributed by atoms with Gasteiger partial charge in [0, 0.05) is 5.92 Å². The van der Waals surface area contributed by atoms with Crippen LogP contribution >= 0.6 is 0 Å². The van der Waals surface area contributed by atoms with Crippen molar-refractivity contribution in [2.75, 3.05) is 6.54 Å². The van der Waals surface area contributed by atoms with Crippen molar-refractivity contribution in [1.29, 1.82) is 0 Å². The van der Waals surface area contributed by atoms with Gasteiger partial charge in [-0.25, -0.2) is 0 Å². The molecular formula is C24H43BN2O4. The minimum absolute atomic E-state index is 0.0157. The Balaban J connectivity index is 1.58. The van der Waals surface area contributed by atoms with Gasteiger partial charge in [0.05, 0.1) is 24.2 Å². The molecule has 2 aliphatic carbocycles. The normalized spacial score (nSPS) is 30.4. The SMILES string of the molecule is CC(C)C[C@H](NC(=O)CNC(=O)C1CCCCC1)B1O[C@@H]2CCC[C@@H](C(C)C)[C@]2(C)O1. The van der Waals surface area contributed by atoms with Crippen molar-refractivity contribution in [2.24, 2.45) is 23.7 Å². The summed E-state index contributed by atoms with van der Waals surface area (Å²) in [6.45, 7) is 11.0. The summed E-state index contributed by atoms with van der Waals surface area (Å²) in [4.78, 5) is 25.1. The lowest BCUT2D eigenvalue weighted by Crippen LogP contribution is -2.52. The third-order valence-electron chi connectivity index (χ3n) is 7.63. The largest absolute Gasteiger partial charge is 0.481 e. The molecule has 4 atom stereocenters. The smallest absolute Gasteiger partial charge is 0.404 e. The first kappa shape index (κ1) is 24.6. The van der Waals surface area contributed by atoms with Gasteiger partial charge in [-0.3, -0.25) is 9.59 Å². The van der Waals surface area contributed by atoms with E-state index >= 15 is 0 Å². The van der Waals surface area contributed by atoms with Crippen LogP contribution in [0.5, 0.6) is 0 Å². The zero-order valence-corrected chi connectivity index (χ0v) is 20.2. The van der Waals surface area contributed by atoms with Crippen molar-refractivity contribution < 1.29 is 18.9 Å². The Morgan fingerprint density at radius 2 is 1.74 bits per heavy atom. The van der Waals surface area contributed by atoms with Crippen LogP contribution in [0.1, 0.15) is 92.4 Å². The number of carbonyl (C=O) groups excluding carboxylic acids is 2. The molecule has 176 valence electrons. The summed E-state index contributed by atoms with van der Waals surface area (Å²) >= 11 is 0. The van der Waals surface area contributed by atoms with E-state index in [1.165, 1.54) is 6.42 Å². The first-order valence-corrected chi connectivity index (χ1v) is 12.6. The van der Waals surface area contributed by atoms with E-state index in [9.17, 15) is 9.59 Å². The fraction of sp³-hybridized carbons (Fsp3) is 0.917. The molecule has 0 aromatic heterocycles. The number of rotatable bonds is 8. The van der Waals surface area contributed by atoms with Crippen LogP contribution in [-0.4, -0.2) is 43.1 Å². The predicted octanol–water partition coefficient (Wildman–Crippen LogP) is 3.87. The molecule has 3 fully saturated rings. The van der Waals surface area contributed by atoms with Gasteiger partial charge < -0.3 is 19.9 Å². The second kappa shape index (κ2) is 10.7. The average Bonchev–Trinajstić information content (AvgIpc) is 3.08. The zero-order valence-electron chi connectivity index (χ0n) is 20.2. The third kappa shape index (κ3) is 6.04. The summed E-state index contributed by atoms with van der Waals surface area (Å²) < 4.78 is 13.0. The summed E-state index contributed by atoms with van der Waals surface area (Å²) in [7, 11) is -0.435. The first-order valence-electron chi connectivity index (χ1n) is 12.6.